The van der Waals surface area contributed by atoms with Crippen LogP contribution in [0.25, 0.3) is 0 Å². The Bertz CT molecular complexity index is 426. The average Bonchev–Trinajstić information content (AvgIpc) is 2.24. The Hall–Kier alpha value is -1.28. The number of carbonyl (C=O) groups excluding carboxylic acids is 1. The highest BCUT2D eigenvalue weighted by Gasteiger charge is 2.12. The molecule has 1 rings (SSSR count). The molecule has 0 amide bonds. The molecule has 1 aromatic carbocycles. The van der Waals surface area contributed by atoms with Crippen molar-refractivity contribution in [1.82, 2.24) is 0 Å². The summed E-state index contributed by atoms with van der Waals surface area (Å²) in [5.41, 5.74) is 1.58. The topological polar surface area (TPSA) is 20.3 Å². The molecular formula is C14H18ClNO. The van der Waals surface area contributed by atoms with E-state index in [0.29, 0.717) is 16.6 Å². The summed E-state index contributed by atoms with van der Waals surface area (Å²) in [6.07, 6.45) is 1.85. The van der Waals surface area contributed by atoms with E-state index in [1.54, 1.807) is 6.07 Å². The van der Waals surface area contributed by atoms with Gasteiger partial charge in [0, 0.05) is 23.8 Å². The second-order valence-corrected chi connectivity index (χ2v) is 4.66. The number of Topliss-reactive ketones (excluding diaryl/α,β-unsaturated/α-hetero) is 1. The van der Waals surface area contributed by atoms with Crippen molar-refractivity contribution in [2.75, 3.05) is 11.4 Å². The van der Waals surface area contributed by atoms with Crippen LogP contribution in [0, 0.1) is 0 Å². The minimum absolute atomic E-state index is 0.0126. The highest BCUT2D eigenvalue weighted by molar-refractivity contribution is 6.34. The third kappa shape index (κ3) is 3.34. The molecule has 17 heavy (non-hydrogen) atoms. The molecule has 0 saturated heterocycles. The van der Waals surface area contributed by atoms with Gasteiger partial charge in [-0.15, -0.1) is 6.58 Å². The van der Waals surface area contributed by atoms with Crippen molar-refractivity contribution in [3.63, 3.8) is 0 Å². The number of rotatable bonds is 5. The Kier molecular flexibility index (Phi) is 4.76. The van der Waals surface area contributed by atoms with E-state index in [4.69, 9.17) is 11.6 Å². The Labute approximate surface area is 108 Å². The lowest BCUT2D eigenvalue weighted by molar-refractivity contribution is 0.101. The summed E-state index contributed by atoms with van der Waals surface area (Å²) in [4.78, 5) is 13.5. The van der Waals surface area contributed by atoms with Crippen LogP contribution in [0.5, 0.6) is 0 Å². The van der Waals surface area contributed by atoms with Crippen LogP contribution in [0.15, 0.2) is 30.9 Å². The average molecular weight is 252 g/mol. The minimum atomic E-state index is -0.0126. The highest BCUT2D eigenvalue weighted by atomic mass is 35.5. The number of nitrogens with zero attached hydrogens (tertiary/aromatic N) is 1. The molecule has 0 bridgehead atoms. The maximum Gasteiger partial charge on any atom is 0.161 e. The standard InChI is InChI=1S/C14H18ClNO/c1-5-8-16(10(2)3)12-6-7-13(11(4)17)14(15)9-12/h5-7,9-10H,1,8H2,2-4H3. The predicted octanol–water partition coefficient (Wildman–Crippen LogP) is 3.94. The summed E-state index contributed by atoms with van der Waals surface area (Å²) < 4.78 is 0. The van der Waals surface area contributed by atoms with Gasteiger partial charge in [0.2, 0.25) is 0 Å². The predicted molar refractivity (Wildman–Crippen MR) is 74.1 cm³/mol. The van der Waals surface area contributed by atoms with Crippen LogP contribution in [0.2, 0.25) is 5.02 Å². The fourth-order valence-corrected chi connectivity index (χ4v) is 2.03. The van der Waals surface area contributed by atoms with Crippen LogP contribution >= 0.6 is 11.6 Å². The SMILES string of the molecule is C=CCN(c1ccc(C(C)=O)c(Cl)c1)C(C)C. The van der Waals surface area contributed by atoms with E-state index in [2.05, 4.69) is 25.3 Å². The van der Waals surface area contributed by atoms with Gasteiger partial charge in [0.15, 0.2) is 5.78 Å². The molecule has 0 aliphatic rings. The van der Waals surface area contributed by atoms with Gasteiger partial charge in [-0.3, -0.25) is 4.79 Å². The number of carbonyl (C=O) groups is 1. The molecule has 0 spiro atoms. The normalized spacial score (nSPS) is 10.4. The molecule has 0 N–H and O–H groups in total. The summed E-state index contributed by atoms with van der Waals surface area (Å²) in [5, 5.41) is 0.504. The maximum absolute atomic E-state index is 11.3. The van der Waals surface area contributed by atoms with Crippen LogP contribution in [-0.2, 0) is 0 Å². The fraction of sp³-hybridized carbons (Fsp3) is 0.357. The molecule has 0 fully saturated rings. The zero-order chi connectivity index (χ0) is 13.0. The molecule has 0 heterocycles. The molecule has 2 nitrogen and oxygen atoms in total. The van der Waals surface area contributed by atoms with E-state index in [1.165, 1.54) is 6.92 Å². The summed E-state index contributed by atoms with van der Waals surface area (Å²) in [7, 11) is 0. The maximum atomic E-state index is 11.3. The lowest BCUT2D eigenvalue weighted by Crippen LogP contribution is -2.30. The number of hydrogen-bond acceptors (Lipinski definition) is 2. The number of anilines is 1. The Morgan fingerprint density at radius 2 is 2.18 bits per heavy atom. The molecule has 0 aliphatic carbocycles. The number of benzene rings is 1. The minimum Gasteiger partial charge on any atom is -0.365 e. The largest absolute Gasteiger partial charge is 0.365 e. The molecular weight excluding hydrogens is 234 g/mol. The number of halogens is 1. The van der Waals surface area contributed by atoms with Crippen LogP contribution < -0.4 is 4.90 Å². The van der Waals surface area contributed by atoms with E-state index in [1.807, 2.05) is 18.2 Å². The monoisotopic (exact) mass is 251 g/mol. The third-order valence-electron chi connectivity index (χ3n) is 2.61. The van der Waals surface area contributed by atoms with Crippen molar-refractivity contribution in [2.24, 2.45) is 0 Å². The fourth-order valence-electron chi connectivity index (χ4n) is 1.72. The second-order valence-electron chi connectivity index (χ2n) is 4.26. The Morgan fingerprint density at radius 3 is 2.59 bits per heavy atom. The quantitative estimate of drug-likeness (QED) is 0.584. The summed E-state index contributed by atoms with van der Waals surface area (Å²) in [6.45, 7) is 10.2. The van der Waals surface area contributed by atoms with Crippen molar-refractivity contribution in [3.8, 4) is 0 Å². The summed E-state index contributed by atoms with van der Waals surface area (Å²) in [6, 6.07) is 5.89. The molecule has 0 aliphatic heterocycles. The molecule has 0 saturated carbocycles. The first-order chi connectivity index (χ1) is 7.97. The molecule has 0 radical (unpaired) electrons. The zero-order valence-corrected chi connectivity index (χ0v) is 11.3. The van der Waals surface area contributed by atoms with Gasteiger partial charge in [0.05, 0.1) is 5.02 Å². The summed E-state index contributed by atoms with van der Waals surface area (Å²) >= 11 is 6.10. The van der Waals surface area contributed by atoms with Crippen molar-refractivity contribution < 1.29 is 4.79 Å². The molecule has 92 valence electrons. The van der Waals surface area contributed by atoms with Gasteiger partial charge in [-0.2, -0.15) is 0 Å². The van der Waals surface area contributed by atoms with Gasteiger partial charge in [-0.25, -0.2) is 0 Å². The Balaban J connectivity index is 3.10. The Morgan fingerprint density at radius 1 is 1.53 bits per heavy atom. The highest BCUT2D eigenvalue weighted by Crippen LogP contribution is 2.25. The van der Waals surface area contributed by atoms with Crippen LogP contribution in [-0.4, -0.2) is 18.4 Å². The van der Waals surface area contributed by atoms with E-state index in [0.717, 1.165) is 12.2 Å². The van der Waals surface area contributed by atoms with Crippen LogP contribution in [0.1, 0.15) is 31.1 Å². The molecule has 1 aromatic rings. The first-order valence-corrected chi connectivity index (χ1v) is 6.03. The second kappa shape index (κ2) is 5.87. The molecule has 0 unspecified atom stereocenters. The van der Waals surface area contributed by atoms with Gasteiger partial charge in [0.25, 0.3) is 0 Å². The number of hydrogen-bond donors (Lipinski definition) is 0. The van der Waals surface area contributed by atoms with Crippen molar-refractivity contribution >= 4 is 23.1 Å². The van der Waals surface area contributed by atoms with E-state index in [-0.39, 0.29) is 5.78 Å². The summed E-state index contributed by atoms with van der Waals surface area (Å²) in [5.74, 6) is -0.0126. The molecule has 3 heteroatoms. The molecule has 0 atom stereocenters. The van der Waals surface area contributed by atoms with Crippen LogP contribution in [0.4, 0.5) is 5.69 Å². The van der Waals surface area contributed by atoms with Crippen molar-refractivity contribution in [1.29, 1.82) is 0 Å². The lowest BCUT2D eigenvalue weighted by atomic mass is 10.1. The van der Waals surface area contributed by atoms with Gasteiger partial charge < -0.3 is 4.90 Å². The first-order valence-electron chi connectivity index (χ1n) is 5.65. The van der Waals surface area contributed by atoms with Gasteiger partial charge in [-0.1, -0.05) is 17.7 Å². The van der Waals surface area contributed by atoms with E-state index < -0.39 is 0 Å². The number of ketones is 1. The van der Waals surface area contributed by atoms with E-state index >= 15 is 0 Å². The van der Waals surface area contributed by atoms with Gasteiger partial charge >= 0.3 is 0 Å². The van der Waals surface area contributed by atoms with Crippen molar-refractivity contribution in [3.05, 3.63) is 41.4 Å². The smallest absolute Gasteiger partial charge is 0.161 e. The zero-order valence-electron chi connectivity index (χ0n) is 10.5. The van der Waals surface area contributed by atoms with E-state index in [9.17, 15) is 4.79 Å². The third-order valence-corrected chi connectivity index (χ3v) is 2.93. The lowest BCUT2D eigenvalue weighted by Gasteiger charge is -2.28. The molecule has 0 aromatic heterocycles. The van der Waals surface area contributed by atoms with Crippen LogP contribution in [0.3, 0.4) is 0 Å². The van der Waals surface area contributed by atoms with Crippen molar-refractivity contribution in [2.45, 2.75) is 26.8 Å². The first kappa shape index (κ1) is 13.8. The van der Waals surface area contributed by atoms with Gasteiger partial charge in [-0.05, 0) is 39.0 Å². The van der Waals surface area contributed by atoms with Gasteiger partial charge in [0.1, 0.15) is 0 Å².